The molecule has 0 amide bonds. The molecule has 1 heterocycles. The molecule has 3 aromatic carbocycles. The number of fused-ring (bicyclic) bond motifs is 1. The highest BCUT2D eigenvalue weighted by molar-refractivity contribution is 5.93. The first-order valence-electron chi connectivity index (χ1n) is 9.18. The van der Waals surface area contributed by atoms with E-state index in [9.17, 15) is 9.18 Å². The van der Waals surface area contributed by atoms with Gasteiger partial charge in [-0.05, 0) is 35.4 Å². The van der Waals surface area contributed by atoms with Gasteiger partial charge in [-0.1, -0.05) is 54.6 Å². The summed E-state index contributed by atoms with van der Waals surface area (Å²) < 4.78 is 13.5. The summed E-state index contributed by atoms with van der Waals surface area (Å²) >= 11 is 0. The smallest absolute Gasteiger partial charge is 0.123 e. The molecule has 0 spiro atoms. The number of hydrogen-bond acceptors (Lipinski definition) is 3. The van der Waals surface area contributed by atoms with E-state index < -0.39 is 0 Å². The Morgan fingerprint density at radius 2 is 1.64 bits per heavy atom. The number of carbonyl (C=O) groups excluding carboxylic acids is 1. The van der Waals surface area contributed by atoms with Gasteiger partial charge in [0, 0.05) is 29.6 Å². The SMILES string of the molecule is O=CCCNc1cc(-c2ccc(-c3cccc(F)c3)cc2)nc2ccccc12. The van der Waals surface area contributed by atoms with E-state index in [0.29, 0.717) is 13.0 Å². The van der Waals surface area contributed by atoms with Crippen molar-refractivity contribution in [2.24, 2.45) is 0 Å². The molecule has 1 N–H and O–H groups in total. The first-order valence-corrected chi connectivity index (χ1v) is 9.18. The van der Waals surface area contributed by atoms with Gasteiger partial charge in [0.25, 0.3) is 0 Å². The van der Waals surface area contributed by atoms with Crippen molar-refractivity contribution in [1.29, 1.82) is 0 Å². The minimum Gasteiger partial charge on any atom is -0.384 e. The summed E-state index contributed by atoms with van der Waals surface area (Å²) in [6, 6.07) is 24.4. The summed E-state index contributed by atoms with van der Waals surface area (Å²) in [5, 5.41) is 4.35. The maximum Gasteiger partial charge on any atom is 0.123 e. The molecule has 0 atom stereocenters. The molecule has 28 heavy (non-hydrogen) atoms. The van der Waals surface area contributed by atoms with Crippen LogP contribution in [-0.4, -0.2) is 17.8 Å². The quantitative estimate of drug-likeness (QED) is 0.349. The zero-order valence-electron chi connectivity index (χ0n) is 15.2. The van der Waals surface area contributed by atoms with Crippen LogP contribution in [0.5, 0.6) is 0 Å². The summed E-state index contributed by atoms with van der Waals surface area (Å²) in [7, 11) is 0. The van der Waals surface area contributed by atoms with Crippen molar-refractivity contribution in [1.82, 2.24) is 4.98 Å². The van der Waals surface area contributed by atoms with Crippen LogP contribution in [0.2, 0.25) is 0 Å². The largest absolute Gasteiger partial charge is 0.384 e. The molecule has 0 saturated carbocycles. The minimum atomic E-state index is -0.246. The lowest BCUT2D eigenvalue weighted by atomic mass is 10.0. The maximum atomic E-state index is 13.5. The molecule has 4 aromatic rings. The highest BCUT2D eigenvalue weighted by Crippen LogP contribution is 2.30. The van der Waals surface area contributed by atoms with Gasteiger partial charge in [0.05, 0.1) is 11.2 Å². The zero-order chi connectivity index (χ0) is 19.3. The van der Waals surface area contributed by atoms with Gasteiger partial charge in [0.15, 0.2) is 0 Å². The van der Waals surface area contributed by atoms with Crippen LogP contribution in [0.15, 0.2) is 78.9 Å². The van der Waals surface area contributed by atoms with Crippen molar-refractivity contribution < 1.29 is 9.18 Å². The van der Waals surface area contributed by atoms with Crippen molar-refractivity contribution >= 4 is 22.9 Å². The molecule has 0 radical (unpaired) electrons. The van der Waals surface area contributed by atoms with Gasteiger partial charge in [0.1, 0.15) is 12.1 Å². The Labute approximate surface area is 162 Å². The van der Waals surface area contributed by atoms with E-state index in [4.69, 9.17) is 4.98 Å². The molecule has 0 unspecified atom stereocenters. The second-order valence-electron chi connectivity index (χ2n) is 6.54. The molecule has 0 fully saturated rings. The first kappa shape index (κ1) is 17.9. The Bertz CT molecular complexity index is 1120. The van der Waals surface area contributed by atoms with Crippen LogP contribution in [0, 0.1) is 5.82 Å². The van der Waals surface area contributed by atoms with Crippen molar-refractivity contribution in [3.63, 3.8) is 0 Å². The fourth-order valence-electron chi connectivity index (χ4n) is 3.24. The third-order valence-electron chi connectivity index (χ3n) is 4.63. The summed E-state index contributed by atoms with van der Waals surface area (Å²) in [6.45, 7) is 0.579. The van der Waals surface area contributed by atoms with E-state index >= 15 is 0 Å². The molecule has 4 rings (SSSR count). The number of aldehydes is 1. The van der Waals surface area contributed by atoms with Crippen LogP contribution in [0.3, 0.4) is 0 Å². The lowest BCUT2D eigenvalue weighted by molar-refractivity contribution is -0.107. The van der Waals surface area contributed by atoms with Gasteiger partial charge in [-0.25, -0.2) is 9.37 Å². The second kappa shape index (κ2) is 8.01. The molecule has 4 heteroatoms. The molecular weight excluding hydrogens is 351 g/mol. The third-order valence-corrected chi connectivity index (χ3v) is 4.63. The number of nitrogens with zero attached hydrogens (tertiary/aromatic N) is 1. The van der Waals surface area contributed by atoms with Crippen LogP contribution in [0.1, 0.15) is 6.42 Å². The Balaban J connectivity index is 1.71. The summed E-state index contributed by atoms with van der Waals surface area (Å²) in [5.74, 6) is -0.246. The van der Waals surface area contributed by atoms with E-state index in [1.54, 1.807) is 6.07 Å². The third kappa shape index (κ3) is 3.76. The van der Waals surface area contributed by atoms with Crippen molar-refractivity contribution in [3.8, 4) is 22.4 Å². The average molecular weight is 370 g/mol. The number of anilines is 1. The first-order chi connectivity index (χ1) is 13.7. The fraction of sp³-hybridized carbons (Fsp3) is 0.0833. The van der Waals surface area contributed by atoms with Crippen molar-refractivity contribution in [2.75, 3.05) is 11.9 Å². The number of nitrogens with one attached hydrogen (secondary N) is 1. The van der Waals surface area contributed by atoms with Gasteiger partial charge < -0.3 is 10.1 Å². The molecule has 0 aliphatic rings. The Morgan fingerprint density at radius 1 is 0.857 bits per heavy atom. The highest BCUT2D eigenvalue weighted by atomic mass is 19.1. The van der Waals surface area contributed by atoms with Crippen LogP contribution in [-0.2, 0) is 4.79 Å². The number of hydrogen-bond donors (Lipinski definition) is 1. The highest BCUT2D eigenvalue weighted by Gasteiger charge is 2.08. The molecule has 0 bridgehead atoms. The van der Waals surface area contributed by atoms with Gasteiger partial charge in [-0.3, -0.25) is 0 Å². The Hall–Kier alpha value is -3.53. The number of benzene rings is 3. The van der Waals surface area contributed by atoms with Crippen LogP contribution >= 0.6 is 0 Å². The summed E-state index contributed by atoms with van der Waals surface area (Å²) in [5.41, 5.74) is 5.46. The van der Waals surface area contributed by atoms with Crippen molar-refractivity contribution in [2.45, 2.75) is 6.42 Å². The monoisotopic (exact) mass is 370 g/mol. The van der Waals surface area contributed by atoms with Crippen LogP contribution < -0.4 is 5.32 Å². The number of pyridine rings is 1. The fourth-order valence-corrected chi connectivity index (χ4v) is 3.24. The predicted octanol–water partition coefficient (Wildman–Crippen LogP) is 5.71. The zero-order valence-corrected chi connectivity index (χ0v) is 15.2. The standard InChI is InChI=1S/C24H19FN2O/c25-20-6-3-5-19(15-20)17-9-11-18(12-10-17)23-16-24(26-13-4-14-28)21-7-1-2-8-22(21)27-23/h1-3,5-12,14-16H,4,13H2,(H,26,27). The molecular formula is C24H19FN2O. The van der Waals surface area contributed by atoms with Gasteiger partial charge >= 0.3 is 0 Å². The summed E-state index contributed by atoms with van der Waals surface area (Å²) in [4.78, 5) is 15.4. The van der Waals surface area contributed by atoms with Crippen LogP contribution in [0.4, 0.5) is 10.1 Å². The maximum absolute atomic E-state index is 13.5. The number of halogens is 1. The number of carbonyl (C=O) groups is 1. The number of para-hydroxylation sites is 1. The second-order valence-corrected chi connectivity index (χ2v) is 6.54. The van der Waals surface area contributed by atoms with E-state index in [-0.39, 0.29) is 5.82 Å². The van der Waals surface area contributed by atoms with E-state index in [1.165, 1.54) is 12.1 Å². The van der Waals surface area contributed by atoms with Gasteiger partial charge in [0.2, 0.25) is 0 Å². The minimum absolute atomic E-state index is 0.246. The van der Waals surface area contributed by atoms with Gasteiger partial charge in [-0.15, -0.1) is 0 Å². The molecule has 0 saturated heterocycles. The molecule has 3 nitrogen and oxygen atoms in total. The lowest BCUT2D eigenvalue weighted by Crippen LogP contribution is -2.03. The number of aromatic nitrogens is 1. The summed E-state index contributed by atoms with van der Waals surface area (Å²) in [6.07, 6.45) is 1.36. The molecule has 0 aliphatic carbocycles. The van der Waals surface area contributed by atoms with E-state index in [2.05, 4.69) is 5.32 Å². The van der Waals surface area contributed by atoms with Crippen LogP contribution in [0.25, 0.3) is 33.3 Å². The Morgan fingerprint density at radius 3 is 2.43 bits per heavy atom. The number of rotatable bonds is 6. The molecule has 138 valence electrons. The molecule has 1 aromatic heterocycles. The van der Waals surface area contributed by atoms with E-state index in [1.807, 2.05) is 60.7 Å². The van der Waals surface area contributed by atoms with E-state index in [0.717, 1.165) is 45.3 Å². The topological polar surface area (TPSA) is 42.0 Å². The normalized spacial score (nSPS) is 10.8. The Kier molecular flexibility index (Phi) is 5.11. The van der Waals surface area contributed by atoms with Crippen molar-refractivity contribution in [3.05, 3.63) is 84.7 Å². The molecule has 0 aliphatic heterocycles. The predicted molar refractivity (Wildman–Crippen MR) is 112 cm³/mol. The lowest BCUT2D eigenvalue weighted by Gasteiger charge is -2.12. The average Bonchev–Trinajstić information content (AvgIpc) is 2.74. The van der Waals surface area contributed by atoms with Gasteiger partial charge in [-0.2, -0.15) is 0 Å².